The molecule has 2 aromatic rings. The molecule has 0 bridgehead atoms. The van der Waals surface area contributed by atoms with Crippen molar-refractivity contribution in [3.05, 3.63) is 54.6 Å². The molecule has 1 N–H and O–H groups in total. The zero-order valence-electron chi connectivity index (χ0n) is 11.2. The zero-order chi connectivity index (χ0) is 13.1. The van der Waals surface area contributed by atoms with Crippen LogP contribution in [0.3, 0.4) is 0 Å². The molecule has 2 aromatic carbocycles. The Morgan fingerprint density at radius 1 is 0.895 bits per heavy atom. The van der Waals surface area contributed by atoms with E-state index in [0.717, 1.165) is 17.4 Å². The zero-order valence-corrected chi connectivity index (χ0v) is 11.2. The van der Waals surface area contributed by atoms with Gasteiger partial charge in [-0.25, -0.2) is 0 Å². The standard InChI is InChI=1S/C17H19NO/c1-13-11-15(12-13)18-14-7-9-17(10-8-14)19-16-5-3-2-4-6-16/h2-10,13,15,18H,11-12H2,1H3. The van der Waals surface area contributed by atoms with Gasteiger partial charge in [-0.1, -0.05) is 25.1 Å². The first-order chi connectivity index (χ1) is 9.29. The van der Waals surface area contributed by atoms with Gasteiger partial charge in [0.1, 0.15) is 11.5 Å². The summed E-state index contributed by atoms with van der Waals surface area (Å²) in [6, 6.07) is 18.7. The van der Waals surface area contributed by atoms with Crippen LogP contribution in [-0.2, 0) is 0 Å². The Morgan fingerprint density at radius 3 is 2.16 bits per heavy atom. The predicted molar refractivity (Wildman–Crippen MR) is 78.8 cm³/mol. The van der Waals surface area contributed by atoms with Gasteiger partial charge >= 0.3 is 0 Å². The van der Waals surface area contributed by atoms with Gasteiger partial charge in [0.15, 0.2) is 0 Å². The van der Waals surface area contributed by atoms with E-state index >= 15 is 0 Å². The second-order valence-corrected chi connectivity index (χ2v) is 5.36. The summed E-state index contributed by atoms with van der Waals surface area (Å²) in [7, 11) is 0. The lowest BCUT2D eigenvalue weighted by atomic mass is 9.82. The Balaban J connectivity index is 1.59. The van der Waals surface area contributed by atoms with E-state index in [4.69, 9.17) is 4.74 Å². The van der Waals surface area contributed by atoms with E-state index in [1.165, 1.54) is 18.5 Å². The lowest BCUT2D eigenvalue weighted by Crippen LogP contribution is -2.33. The van der Waals surface area contributed by atoms with Crippen molar-refractivity contribution in [2.45, 2.75) is 25.8 Å². The van der Waals surface area contributed by atoms with Crippen molar-refractivity contribution in [1.82, 2.24) is 0 Å². The van der Waals surface area contributed by atoms with Crippen molar-refractivity contribution in [2.24, 2.45) is 5.92 Å². The van der Waals surface area contributed by atoms with E-state index in [1.54, 1.807) is 0 Å². The largest absolute Gasteiger partial charge is 0.457 e. The van der Waals surface area contributed by atoms with Crippen LogP contribution < -0.4 is 10.1 Å². The molecule has 98 valence electrons. The van der Waals surface area contributed by atoms with Crippen LogP contribution in [0.15, 0.2) is 54.6 Å². The highest BCUT2D eigenvalue weighted by Gasteiger charge is 2.24. The summed E-state index contributed by atoms with van der Waals surface area (Å²) >= 11 is 0. The van der Waals surface area contributed by atoms with Gasteiger partial charge in [-0.2, -0.15) is 0 Å². The topological polar surface area (TPSA) is 21.3 Å². The van der Waals surface area contributed by atoms with E-state index in [0.29, 0.717) is 6.04 Å². The molecule has 3 rings (SSSR count). The molecule has 1 saturated carbocycles. The number of rotatable bonds is 4. The fourth-order valence-corrected chi connectivity index (χ4v) is 2.50. The maximum absolute atomic E-state index is 5.77. The second-order valence-electron chi connectivity index (χ2n) is 5.36. The van der Waals surface area contributed by atoms with E-state index in [9.17, 15) is 0 Å². The monoisotopic (exact) mass is 253 g/mol. The van der Waals surface area contributed by atoms with E-state index in [-0.39, 0.29) is 0 Å². The first-order valence-electron chi connectivity index (χ1n) is 6.89. The first kappa shape index (κ1) is 12.1. The van der Waals surface area contributed by atoms with Gasteiger partial charge in [-0.15, -0.1) is 0 Å². The van der Waals surface area contributed by atoms with E-state index < -0.39 is 0 Å². The molecule has 1 aliphatic carbocycles. The third kappa shape index (κ3) is 3.08. The minimum atomic E-state index is 0.649. The number of ether oxygens (including phenoxy) is 1. The Labute approximate surface area is 114 Å². The van der Waals surface area contributed by atoms with Gasteiger partial charge in [0.25, 0.3) is 0 Å². The average Bonchev–Trinajstić information content (AvgIpc) is 2.40. The van der Waals surface area contributed by atoms with Gasteiger partial charge in [0.2, 0.25) is 0 Å². The molecule has 0 heterocycles. The van der Waals surface area contributed by atoms with Crippen molar-refractivity contribution < 1.29 is 4.74 Å². The van der Waals surface area contributed by atoms with Gasteiger partial charge < -0.3 is 10.1 Å². The normalized spacial score (nSPS) is 21.5. The van der Waals surface area contributed by atoms with Crippen LogP contribution >= 0.6 is 0 Å². The van der Waals surface area contributed by atoms with Crippen molar-refractivity contribution in [2.75, 3.05) is 5.32 Å². The van der Waals surface area contributed by atoms with Crippen LogP contribution in [0, 0.1) is 5.92 Å². The summed E-state index contributed by atoms with van der Waals surface area (Å²) in [5, 5.41) is 3.54. The van der Waals surface area contributed by atoms with Crippen molar-refractivity contribution in [3.8, 4) is 11.5 Å². The van der Waals surface area contributed by atoms with Crippen molar-refractivity contribution >= 4 is 5.69 Å². The van der Waals surface area contributed by atoms with E-state index in [2.05, 4.69) is 24.4 Å². The molecule has 0 unspecified atom stereocenters. The minimum Gasteiger partial charge on any atom is -0.457 e. The maximum Gasteiger partial charge on any atom is 0.127 e. The Morgan fingerprint density at radius 2 is 1.53 bits per heavy atom. The average molecular weight is 253 g/mol. The molecular formula is C17H19NO. The van der Waals surface area contributed by atoms with Gasteiger partial charge in [0, 0.05) is 11.7 Å². The summed E-state index contributed by atoms with van der Waals surface area (Å²) < 4.78 is 5.77. The molecule has 1 aliphatic rings. The van der Waals surface area contributed by atoms with Gasteiger partial charge in [0.05, 0.1) is 0 Å². The molecule has 0 saturated heterocycles. The molecule has 2 nitrogen and oxygen atoms in total. The first-order valence-corrected chi connectivity index (χ1v) is 6.89. The fraction of sp³-hybridized carbons (Fsp3) is 0.294. The lowest BCUT2D eigenvalue weighted by molar-refractivity contribution is 0.309. The predicted octanol–water partition coefficient (Wildman–Crippen LogP) is 4.69. The number of benzene rings is 2. The van der Waals surface area contributed by atoms with Gasteiger partial charge in [-0.05, 0) is 55.2 Å². The second kappa shape index (κ2) is 5.35. The minimum absolute atomic E-state index is 0.649. The summed E-state index contributed by atoms with van der Waals surface area (Å²) in [5.41, 5.74) is 1.18. The fourth-order valence-electron chi connectivity index (χ4n) is 2.50. The molecule has 19 heavy (non-hydrogen) atoms. The summed E-state index contributed by atoms with van der Waals surface area (Å²) in [5.74, 6) is 2.62. The number of hydrogen-bond acceptors (Lipinski definition) is 2. The van der Waals surface area contributed by atoms with Crippen LogP contribution in [0.2, 0.25) is 0 Å². The highest BCUT2D eigenvalue weighted by atomic mass is 16.5. The molecule has 0 aromatic heterocycles. The van der Waals surface area contributed by atoms with Crippen LogP contribution in [0.5, 0.6) is 11.5 Å². The van der Waals surface area contributed by atoms with Crippen molar-refractivity contribution in [1.29, 1.82) is 0 Å². The molecule has 0 radical (unpaired) electrons. The van der Waals surface area contributed by atoms with E-state index in [1.807, 2.05) is 42.5 Å². The maximum atomic E-state index is 5.77. The number of anilines is 1. The smallest absolute Gasteiger partial charge is 0.127 e. The lowest BCUT2D eigenvalue weighted by Gasteiger charge is -2.34. The molecule has 0 amide bonds. The molecule has 0 atom stereocenters. The third-order valence-electron chi connectivity index (χ3n) is 3.58. The van der Waals surface area contributed by atoms with Crippen molar-refractivity contribution in [3.63, 3.8) is 0 Å². The molecule has 0 aliphatic heterocycles. The third-order valence-corrected chi connectivity index (χ3v) is 3.58. The molecule has 1 fully saturated rings. The highest BCUT2D eigenvalue weighted by Crippen LogP contribution is 2.30. The summed E-state index contributed by atoms with van der Waals surface area (Å²) in [6.07, 6.45) is 2.56. The number of hydrogen-bond donors (Lipinski definition) is 1. The van der Waals surface area contributed by atoms with Crippen LogP contribution in [-0.4, -0.2) is 6.04 Å². The quantitative estimate of drug-likeness (QED) is 0.853. The molecular weight excluding hydrogens is 234 g/mol. The Kier molecular flexibility index (Phi) is 3.41. The molecule has 2 heteroatoms. The van der Waals surface area contributed by atoms with Crippen LogP contribution in [0.1, 0.15) is 19.8 Å². The van der Waals surface area contributed by atoms with Gasteiger partial charge in [-0.3, -0.25) is 0 Å². The number of para-hydroxylation sites is 1. The summed E-state index contributed by atoms with van der Waals surface area (Å²) in [6.45, 7) is 2.30. The van der Waals surface area contributed by atoms with Crippen LogP contribution in [0.4, 0.5) is 5.69 Å². The van der Waals surface area contributed by atoms with Crippen LogP contribution in [0.25, 0.3) is 0 Å². The Hall–Kier alpha value is -1.96. The summed E-state index contributed by atoms with van der Waals surface area (Å²) in [4.78, 5) is 0. The SMILES string of the molecule is CC1CC(Nc2ccc(Oc3ccccc3)cc2)C1. The highest BCUT2D eigenvalue weighted by molar-refractivity contribution is 5.48. The molecule has 0 spiro atoms. The number of nitrogens with one attached hydrogen (secondary N) is 1. The Bertz CT molecular complexity index is 515.